The second-order valence-electron chi connectivity index (χ2n) is 6.71. The van der Waals surface area contributed by atoms with Gasteiger partial charge in [0.25, 0.3) is 0 Å². The van der Waals surface area contributed by atoms with Crippen molar-refractivity contribution in [3.63, 3.8) is 0 Å². The van der Waals surface area contributed by atoms with E-state index in [1.54, 1.807) is 0 Å². The molecule has 1 aromatic rings. The van der Waals surface area contributed by atoms with Crippen molar-refractivity contribution in [2.45, 2.75) is 20.5 Å². The Bertz CT molecular complexity index is 504. The van der Waals surface area contributed by atoms with E-state index in [-0.39, 0.29) is 0 Å². The van der Waals surface area contributed by atoms with Crippen LogP contribution in [0, 0.1) is 5.92 Å². The average molecular weight is 363 g/mol. The van der Waals surface area contributed by atoms with Crippen LogP contribution in [0.4, 0.5) is 0 Å². The summed E-state index contributed by atoms with van der Waals surface area (Å²) in [5, 5.41) is 6.73. The summed E-state index contributed by atoms with van der Waals surface area (Å²) in [6.07, 6.45) is 0. The standard InChI is InChI=1S/C20H34N4O2/c1-3-21-20(22-9-10-24-11-13-25-14-12-24)23-15-18(2)16-26-17-19-7-5-4-6-8-19/h4-8,18H,3,9-17H2,1-2H3,(H2,21,22,23). The molecule has 0 radical (unpaired) electrons. The summed E-state index contributed by atoms with van der Waals surface area (Å²) in [5.41, 5.74) is 1.21. The van der Waals surface area contributed by atoms with Crippen LogP contribution in [0.2, 0.25) is 0 Å². The summed E-state index contributed by atoms with van der Waals surface area (Å²) in [4.78, 5) is 7.11. The van der Waals surface area contributed by atoms with Gasteiger partial charge in [-0.1, -0.05) is 37.3 Å². The van der Waals surface area contributed by atoms with Crippen LogP contribution in [0.5, 0.6) is 0 Å². The first-order valence-corrected chi connectivity index (χ1v) is 9.72. The molecule has 2 rings (SSSR count). The SMILES string of the molecule is CCNC(=NCC(C)COCc1ccccc1)NCCN1CCOCC1. The van der Waals surface area contributed by atoms with E-state index in [0.717, 1.165) is 58.4 Å². The van der Waals surface area contributed by atoms with Crippen molar-refractivity contribution in [2.24, 2.45) is 10.9 Å². The molecule has 0 bridgehead atoms. The van der Waals surface area contributed by atoms with E-state index in [1.165, 1.54) is 5.56 Å². The molecule has 1 aliphatic rings. The highest BCUT2D eigenvalue weighted by Gasteiger charge is 2.10. The molecule has 0 spiro atoms. The molecule has 1 fully saturated rings. The number of hydrogen-bond donors (Lipinski definition) is 2. The molecule has 26 heavy (non-hydrogen) atoms. The quantitative estimate of drug-likeness (QED) is 0.490. The summed E-state index contributed by atoms with van der Waals surface area (Å²) in [6.45, 7) is 12.9. The van der Waals surface area contributed by atoms with Gasteiger partial charge in [0, 0.05) is 39.3 Å². The van der Waals surface area contributed by atoms with Crippen molar-refractivity contribution in [3.8, 4) is 0 Å². The van der Waals surface area contributed by atoms with Crippen LogP contribution in [-0.2, 0) is 16.1 Å². The highest BCUT2D eigenvalue weighted by atomic mass is 16.5. The lowest BCUT2D eigenvalue weighted by Crippen LogP contribution is -2.44. The summed E-state index contributed by atoms with van der Waals surface area (Å²) < 4.78 is 11.2. The monoisotopic (exact) mass is 362 g/mol. The van der Waals surface area contributed by atoms with Gasteiger partial charge in [0.15, 0.2) is 5.96 Å². The van der Waals surface area contributed by atoms with Crippen molar-refractivity contribution >= 4 is 5.96 Å². The minimum Gasteiger partial charge on any atom is -0.379 e. The lowest BCUT2D eigenvalue weighted by Gasteiger charge is -2.26. The smallest absolute Gasteiger partial charge is 0.191 e. The van der Waals surface area contributed by atoms with Crippen LogP contribution in [0.1, 0.15) is 19.4 Å². The van der Waals surface area contributed by atoms with Gasteiger partial charge >= 0.3 is 0 Å². The molecule has 1 heterocycles. The van der Waals surface area contributed by atoms with Gasteiger partial charge in [-0.05, 0) is 18.4 Å². The number of nitrogens with one attached hydrogen (secondary N) is 2. The van der Waals surface area contributed by atoms with Gasteiger partial charge in [0.1, 0.15) is 0 Å². The number of hydrogen-bond acceptors (Lipinski definition) is 4. The highest BCUT2D eigenvalue weighted by molar-refractivity contribution is 5.79. The molecular formula is C20H34N4O2. The van der Waals surface area contributed by atoms with Gasteiger partial charge in [0.2, 0.25) is 0 Å². The van der Waals surface area contributed by atoms with Gasteiger partial charge in [-0.2, -0.15) is 0 Å². The predicted molar refractivity (Wildman–Crippen MR) is 107 cm³/mol. The second kappa shape index (κ2) is 12.7. The Labute approximate surface area is 158 Å². The first-order chi connectivity index (χ1) is 12.8. The summed E-state index contributed by atoms with van der Waals surface area (Å²) in [5.74, 6) is 1.27. The average Bonchev–Trinajstić information content (AvgIpc) is 2.68. The third kappa shape index (κ3) is 8.65. The fourth-order valence-electron chi connectivity index (χ4n) is 2.75. The molecule has 1 saturated heterocycles. The zero-order valence-corrected chi connectivity index (χ0v) is 16.2. The number of ether oxygens (including phenoxy) is 2. The molecule has 6 nitrogen and oxygen atoms in total. The van der Waals surface area contributed by atoms with Crippen LogP contribution >= 0.6 is 0 Å². The van der Waals surface area contributed by atoms with E-state index in [4.69, 9.17) is 14.5 Å². The first-order valence-electron chi connectivity index (χ1n) is 9.72. The van der Waals surface area contributed by atoms with Gasteiger partial charge in [-0.3, -0.25) is 9.89 Å². The number of guanidine groups is 1. The molecule has 0 aromatic heterocycles. The Morgan fingerprint density at radius 3 is 2.73 bits per heavy atom. The Balaban J connectivity index is 1.64. The summed E-state index contributed by atoms with van der Waals surface area (Å²) in [7, 11) is 0. The molecule has 0 amide bonds. The van der Waals surface area contributed by atoms with Crippen LogP contribution < -0.4 is 10.6 Å². The third-order valence-electron chi connectivity index (χ3n) is 4.24. The zero-order chi connectivity index (χ0) is 18.5. The van der Waals surface area contributed by atoms with E-state index in [2.05, 4.69) is 41.5 Å². The fourth-order valence-corrected chi connectivity index (χ4v) is 2.75. The maximum atomic E-state index is 5.81. The molecule has 6 heteroatoms. The largest absolute Gasteiger partial charge is 0.379 e. The van der Waals surface area contributed by atoms with E-state index in [0.29, 0.717) is 19.1 Å². The summed E-state index contributed by atoms with van der Waals surface area (Å²) >= 11 is 0. The molecule has 146 valence electrons. The topological polar surface area (TPSA) is 58.1 Å². The molecule has 1 atom stereocenters. The molecule has 0 aliphatic carbocycles. The minimum atomic E-state index is 0.383. The van der Waals surface area contributed by atoms with Gasteiger partial charge in [0.05, 0.1) is 26.4 Å². The minimum absolute atomic E-state index is 0.383. The lowest BCUT2D eigenvalue weighted by atomic mass is 10.2. The maximum Gasteiger partial charge on any atom is 0.191 e. The Morgan fingerprint density at radius 1 is 1.23 bits per heavy atom. The number of morpholine rings is 1. The summed E-state index contributed by atoms with van der Waals surface area (Å²) in [6, 6.07) is 10.3. The molecule has 0 saturated carbocycles. The molecule has 1 aromatic carbocycles. The third-order valence-corrected chi connectivity index (χ3v) is 4.24. The Hall–Kier alpha value is -1.63. The highest BCUT2D eigenvalue weighted by Crippen LogP contribution is 2.03. The lowest BCUT2D eigenvalue weighted by molar-refractivity contribution is 0.0389. The van der Waals surface area contributed by atoms with Crippen molar-refractivity contribution in [1.82, 2.24) is 15.5 Å². The molecular weight excluding hydrogens is 328 g/mol. The molecule has 1 aliphatic heterocycles. The van der Waals surface area contributed by atoms with Crippen molar-refractivity contribution in [2.75, 3.05) is 59.1 Å². The Kier molecular flexibility index (Phi) is 10.1. The molecule has 2 N–H and O–H groups in total. The second-order valence-corrected chi connectivity index (χ2v) is 6.71. The van der Waals surface area contributed by atoms with Gasteiger partial charge in [-0.25, -0.2) is 0 Å². The normalized spacial score (nSPS) is 17.1. The maximum absolute atomic E-state index is 5.81. The van der Waals surface area contributed by atoms with Crippen molar-refractivity contribution in [3.05, 3.63) is 35.9 Å². The Morgan fingerprint density at radius 2 is 2.00 bits per heavy atom. The number of aliphatic imine (C=N–C) groups is 1. The zero-order valence-electron chi connectivity index (χ0n) is 16.2. The van der Waals surface area contributed by atoms with Crippen LogP contribution in [0.3, 0.4) is 0 Å². The van der Waals surface area contributed by atoms with Crippen LogP contribution in [-0.4, -0.2) is 69.9 Å². The fraction of sp³-hybridized carbons (Fsp3) is 0.650. The van der Waals surface area contributed by atoms with Gasteiger partial charge < -0.3 is 20.1 Å². The van der Waals surface area contributed by atoms with E-state index < -0.39 is 0 Å². The molecule has 1 unspecified atom stereocenters. The van der Waals surface area contributed by atoms with E-state index in [9.17, 15) is 0 Å². The van der Waals surface area contributed by atoms with E-state index >= 15 is 0 Å². The number of benzene rings is 1. The van der Waals surface area contributed by atoms with E-state index in [1.807, 2.05) is 18.2 Å². The number of rotatable bonds is 10. The first kappa shape index (κ1) is 20.7. The van der Waals surface area contributed by atoms with Gasteiger partial charge in [-0.15, -0.1) is 0 Å². The van der Waals surface area contributed by atoms with Crippen LogP contribution in [0.15, 0.2) is 35.3 Å². The number of nitrogens with zero attached hydrogens (tertiary/aromatic N) is 2. The predicted octanol–water partition coefficient (Wildman–Crippen LogP) is 1.73. The van der Waals surface area contributed by atoms with Crippen molar-refractivity contribution < 1.29 is 9.47 Å². The van der Waals surface area contributed by atoms with Crippen molar-refractivity contribution in [1.29, 1.82) is 0 Å². The van der Waals surface area contributed by atoms with Crippen LogP contribution in [0.25, 0.3) is 0 Å².